The van der Waals surface area contributed by atoms with E-state index in [4.69, 9.17) is 28.4 Å². The molecule has 208 valence electrons. The van der Waals surface area contributed by atoms with Crippen molar-refractivity contribution in [2.75, 3.05) is 68.8 Å². The highest BCUT2D eigenvalue weighted by Gasteiger charge is 2.16. The molecular weight excluding hydrogens is 533 g/mol. The Balaban J connectivity index is 0. The van der Waals surface area contributed by atoms with E-state index in [2.05, 4.69) is 16.0 Å². The lowest BCUT2D eigenvalue weighted by Crippen LogP contribution is -2.32. The monoisotopic (exact) mass is 571 g/mol. The highest BCUT2D eigenvalue weighted by Crippen LogP contribution is 2.40. The molecule has 0 atom stereocenters. The Hall–Kier alpha value is -2.01. The van der Waals surface area contributed by atoms with Crippen LogP contribution in [-0.2, 0) is 13.1 Å². The molecule has 0 radical (unpaired) electrons. The van der Waals surface area contributed by atoms with E-state index in [1.807, 2.05) is 24.3 Å². The lowest BCUT2D eigenvalue weighted by Gasteiger charge is -2.16. The van der Waals surface area contributed by atoms with Crippen molar-refractivity contribution in [2.24, 2.45) is 0 Å². The first-order chi connectivity index (χ1) is 16.1. The molecule has 0 heterocycles. The minimum atomic E-state index is 0. The van der Waals surface area contributed by atoms with E-state index >= 15 is 0 Å². The quantitative estimate of drug-likeness (QED) is 0.262. The summed E-state index contributed by atoms with van der Waals surface area (Å²) >= 11 is 0. The molecule has 0 aliphatic rings. The van der Waals surface area contributed by atoms with Crippen LogP contribution in [0.2, 0.25) is 0 Å². The molecule has 0 bridgehead atoms. The standard InChI is InChI=1S/C24H37N3O6.3ClH/c1-28-19-9-7-17(21(30-3)23(19)32-5)15-26-13-11-25-12-14-27-16-18-8-10-20(29-2)24(33-6)22(18)31-4;;;/h7-10,25-27H,11-16H2,1-6H3;3*1H. The molecule has 0 saturated carbocycles. The lowest BCUT2D eigenvalue weighted by molar-refractivity contribution is 0.321. The summed E-state index contributed by atoms with van der Waals surface area (Å²) < 4.78 is 32.6. The van der Waals surface area contributed by atoms with Gasteiger partial charge in [-0.1, -0.05) is 12.1 Å². The van der Waals surface area contributed by atoms with E-state index in [1.165, 1.54) is 0 Å². The van der Waals surface area contributed by atoms with Crippen molar-refractivity contribution in [3.8, 4) is 34.5 Å². The number of benzene rings is 2. The predicted molar refractivity (Wildman–Crippen MR) is 150 cm³/mol. The summed E-state index contributed by atoms with van der Waals surface area (Å²) in [4.78, 5) is 0. The molecule has 12 heteroatoms. The number of rotatable bonds is 16. The zero-order valence-corrected chi connectivity index (χ0v) is 24.2. The maximum atomic E-state index is 5.52. The molecular formula is C24H40Cl3N3O6. The van der Waals surface area contributed by atoms with Crippen LogP contribution in [0.1, 0.15) is 11.1 Å². The summed E-state index contributed by atoms with van der Waals surface area (Å²) in [5.41, 5.74) is 2.03. The van der Waals surface area contributed by atoms with Gasteiger partial charge < -0.3 is 44.4 Å². The van der Waals surface area contributed by atoms with Crippen LogP contribution in [0.15, 0.2) is 24.3 Å². The Bertz CT molecular complexity index is 808. The Labute approximate surface area is 233 Å². The molecule has 0 fully saturated rings. The van der Waals surface area contributed by atoms with Gasteiger partial charge in [-0.15, -0.1) is 37.2 Å². The molecule has 0 aliphatic heterocycles. The predicted octanol–water partition coefficient (Wildman–Crippen LogP) is 3.47. The SMILES string of the molecule is COc1ccc(CNCCNCCNCc2ccc(OC)c(OC)c2OC)c(OC)c1OC.Cl.Cl.Cl. The van der Waals surface area contributed by atoms with Crippen molar-refractivity contribution < 1.29 is 28.4 Å². The van der Waals surface area contributed by atoms with Gasteiger partial charge in [0.05, 0.1) is 42.7 Å². The topological polar surface area (TPSA) is 91.5 Å². The number of methoxy groups -OCH3 is 6. The lowest BCUT2D eigenvalue weighted by atomic mass is 10.1. The largest absolute Gasteiger partial charge is 0.493 e. The van der Waals surface area contributed by atoms with Gasteiger partial charge in [0.15, 0.2) is 23.0 Å². The van der Waals surface area contributed by atoms with Crippen LogP contribution < -0.4 is 44.4 Å². The highest BCUT2D eigenvalue weighted by atomic mass is 35.5. The number of hydrogen-bond acceptors (Lipinski definition) is 9. The van der Waals surface area contributed by atoms with E-state index in [9.17, 15) is 0 Å². The number of nitrogens with one attached hydrogen (secondary N) is 3. The molecule has 2 aromatic rings. The maximum Gasteiger partial charge on any atom is 0.203 e. The van der Waals surface area contributed by atoms with E-state index in [1.54, 1.807) is 42.7 Å². The minimum absolute atomic E-state index is 0. The van der Waals surface area contributed by atoms with Crippen molar-refractivity contribution >= 4 is 37.2 Å². The van der Waals surface area contributed by atoms with Gasteiger partial charge in [-0.05, 0) is 12.1 Å². The zero-order chi connectivity index (χ0) is 24.1. The second kappa shape index (κ2) is 20.1. The third kappa shape index (κ3) is 9.80. The van der Waals surface area contributed by atoms with Gasteiger partial charge in [0.25, 0.3) is 0 Å². The average molecular weight is 573 g/mol. The van der Waals surface area contributed by atoms with Crippen LogP contribution in [0.5, 0.6) is 34.5 Å². The van der Waals surface area contributed by atoms with Crippen molar-refractivity contribution in [3.05, 3.63) is 35.4 Å². The van der Waals surface area contributed by atoms with Gasteiger partial charge >= 0.3 is 0 Å². The Morgan fingerprint density at radius 1 is 0.444 bits per heavy atom. The molecule has 0 amide bonds. The summed E-state index contributed by atoms with van der Waals surface area (Å²) in [6.07, 6.45) is 0. The Morgan fingerprint density at radius 2 is 0.778 bits per heavy atom. The number of hydrogen-bond donors (Lipinski definition) is 3. The van der Waals surface area contributed by atoms with Crippen LogP contribution in [-0.4, -0.2) is 68.8 Å². The van der Waals surface area contributed by atoms with Crippen LogP contribution in [0.3, 0.4) is 0 Å². The average Bonchev–Trinajstić information content (AvgIpc) is 2.86. The highest BCUT2D eigenvalue weighted by molar-refractivity contribution is 5.86. The molecule has 2 aromatic carbocycles. The van der Waals surface area contributed by atoms with E-state index < -0.39 is 0 Å². The van der Waals surface area contributed by atoms with Crippen LogP contribution >= 0.6 is 37.2 Å². The molecule has 9 nitrogen and oxygen atoms in total. The fourth-order valence-corrected chi connectivity index (χ4v) is 3.53. The van der Waals surface area contributed by atoms with Crippen molar-refractivity contribution in [1.82, 2.24) is 16.0 Å². The number of halogens is 3. The molecule has 3 N–H and O–H groups in total. The van der Waals surface area contributed by atoms with Gasteiger partial charge in [0, 0.05) is 50.4 Å². The first kappa shape index (κ1) is 36.1. The van der Waals surface area contributed by atoms with E-state index in [-0.39, 0.29) is 37.2 Å². The normalized spacial score (nSPS) is 9.72. The van der Waals surface area contributed by atoms with Gasteiger partial charge in [0.2, 0.25) is 11.5 Å². The molecule has 0 unspecified atom stereocenters. The third-order valence-electron chi connectivity index (χ3n) is 5.16. The maximum absolute atomic E-state index is 5.52. The van der Waals surface area contributed by atoms with Crippen LogP contribution in [0.4, 0.5) is 0 Å². The Morgan fingerprint density at radius 3 is 1.08 bits per heavy atom. The van der Waals surface area contributed by atoms with Crippen LogP contribution in [0.25, 0.3) is 0 Å². The van der Waals surface area contributed by atoms with E-state index in [0.29, 0.717) is 47.6 Å². The fraction of sp³-hybridized carbons (Fsp3) is 0.500. The van der Waals surface area contributed by atoms with E-state index in [0.717, 1.165) is 37.3 Å². The smallest absolute Gasteiger partial charge is 0.203 e. The second-order valence-corrected chi connectivity index (χ2v) is 7.09. The van der Waals surface area contributed by atoms with Crippen LogP contribution in [0, 0.1) is 0 Å². The first-order valence-electron chi connectivity index (χ1n) is 10.8. The summed E-state index contributed by atoms with van der Waals surface area (Å²) in [6, 6.07) is 7.73. The summed E-state index contributed by atoms with van der Waals surface area (Å²) in [6.45, 7) is 4.67. The van der Waals surface area contributed by atoms with Crippen molar-refractivity contribution in [3.63, 3.8) is 0 Å². The van der Waals surface area contributed by atoms with Gasteiger partial charge in [-0.3, -0.25) is 0 Å². The summed E-state index contributed by atoms with van der Waals surface area (Å²) in [5, 5.41) is 10.3. The second-order valence-electron chi connectivity index (χ2n) is 7.09. The fourth-order valence-electron chi connectivity index (χ4n) is 3.53. The summed E-state index contributed by atoms with van der Waals surface area (Å²) in [5.74, 6) is 3.89. The van der Waals surface area contributed by atoms with Gasteiger partial charge in [0.1, 0.15) is 0 Å². The molecule has 0 aromatic heterocycles. The summed E-state index contributed by atoms with van der Waals surface area (Å²) in [7, 11) is 9.70. The zero-order valence-electron chi connectivity index (χ0n) is 21.7. The van der Waals surface area contributed by atoms with Gasteiger partial charge in [-0.2, -0.15) is 0 Å². The number of ether oxygens (including phenoxy) is 6. The molecule has 0 spiro atoms. The van der Waals surface area contributed by atoms with Crippen molar-refractivity contribution in [2.45, 2.75) is 13.1 Å². The van der Waals surface area contributed by atoms with Gasteiger partial charge in [-0.25, -0.2) is 0 Å². The molecule has 0 saturated heterocycles. The first-order valence-corrected chi connectivity index (χ1v) is 10.8. The minimum Gasteiger partial charge on any atom is -0.493 e. The third-order valence-corrected chi connectivity index (χ3v) is 5.16. The molecule has 2 rings (SSSR count). The molecule has 0 aliphatic carbocycles. The Kier molecular flexibility index (Phi) is 20.2. The van der Waals surface area contributed by atoms with Crippen molar-refractivity contribution in [1.29, 1.82) is 0 Å². The molecule has 36 heavy (non-hydrogen) atoms.